The Hall–Kier alpha value is -2.38. The number of nitrogens with one attached hydrogen (secondary N) is 1. The molecule has 0 unspecified atom stereocenters. The molecule has 0 saturated heterocycles. The summed E-state index contributed by atoms with van der Waals surface area (Å²) in [6, 6.07) is 7.55. The van der Waals surface area contributed by atoms with Gasteiger partial charge in [0.05, 0.1) is 9.72 Å². The van der Waals surface area contributed by atoms with Crippen LogP contribution in [0.25, 0.3) is 10.2 Å². The molecule has 3 aromatic rings. The first-order chi connectivity index (χ1) is 14.0. The summed E-state index contributed by atoms with van der Waals surface area (Å²) in [5.74, 6) is 0.868. The number of anilines is 1. The summed E-state index contributed by atoms with van der Waals surface area (Å²) in [6.45, 7) is 0. The highest BCUT2D eigenvalue weighted by atomic mass is 35.5. The molecule has 0 spiro atoms. The number of carbonyl (C=O) groups is 1. The number of rotatable bonds is 5. The predicted molar refractivity (Wildman–Crippen MR) is 118 cm³/mol. The molecule has 8 heteroatoms. The van der Waals surface area contributed by atoms with Crippen molar-refractivity contribution in [2.75, 3.05) is 19.0 Å². The number of thiazole rings is 1. The molecule has 1 aromatic carbocycles. The maximum Gasteiger partial charge on any atom is 0.269 e. The molecule has 1 saturated carbocycles. The van der Waals surface area contributed by atoms with Crippen molar-refractivity contribution in [2.24, 2.45) is 0 Å². The molecular formula is C21H23ClN4O2S. The Bertz CT molecular complexity index is 1030. The van der Waals surface area contributed by atoms with E-state index >= 15 is 0 Å². The Morgan fingerprint density at radius 3 is 2.79 bits per heavy atom. The molecule has 1 aliphatic carbocycles. The van der Waals surface area contributed by atoms with E-state index in [4.69, 9.17) is 21.3 Å². The van der Waals surface area contributed by atoms with E-state index in [1.807, 2.05) is 6.07 Å². The minimum absolute atomic E-state index is 0.262. The monoisotopic (exact) mass is 430 g/mol. The van der Waals surface area contributed by atoms with Crippen LogP contribution >= 0.6 is 22.9 Å². The summed E-state index contributed by atoms with van der Waals surface area (Å²) in [4.78, 5) is 22.9. The average Bonchev–Trinajstić information content (AvgIpc) is 3.18. The molecule has 0 atom stereocenters. The Kier molecular flexibility index (Phi) is 5.87. The molecule has 1 N–H and O–H groups in total. The van der Waals surface area contributed by atoms with Gasteiger partial charge in [0.1, 0.15) is 22.7 Å². The first-order valence-corrected chi connectivity index (χ1v) is 10.9. The zero-order valence-corrected chi connectivity index (χ0v) is 18.0. The van der Waals surface area contributed by atoms with Gasteiger partial charge in [0.2, 0.25) is 0 Å². The number of pyridine rings is 1. The highest BCUT2D eigenvalue weighted by molar-refractivity contribution is 7.22. The molecular weight excluding hydrogens is 408 g/mol. The SMILES string of the molecule is CNC(=O)c1cc(Oc2cc(Cl)c3nc(N(C)C4CCCCC4)sc3c2)ccn1. The van der Waals surface area contributed by atoms with Gasteiger partial charge in [-0.3, -0.25) is 9.78 Å². The van der Waals surface area contributed by atoms with Crippen LogP contribution < -0.4 is 15.0 Å². The number of halogens is 1. The van der Waals surface area contributed by atoms with Crippen LogP contribution in [0.4, 0.5) is 5.13 Å². The number of fused-ring (bicyclic) bond motifs is 1. The molecule has 4 rings (SSSR count). The maximum atomic E-state index is 11.8. The molecule has 0 radical (unpaired) electrons. The van der Waals surface area contributed by atoms with Crippen LogP contribution in [0.15, 0.2) is 30.5 Å². The van der Waals surface area contributed by atoms with Gasteiger partial charge in [-0.25, -0.2) is 4.98 Å². The Morgan fingerprint density at radius 2 is 2.03 bits per heavy atom. The molecule has 2 heterocycles. The zero-order valence-electron chi connectivity index (χ0n) is 16.4. The van der Waals surface area contributed by atoms with Gasteiger partial charge < -0.3 is 15.0 Å². The fourth-order valence-electron chi connectivity index (χ4n) is 3.65. The second kappa shape index (κ2) is 8.55. The van der Waals surface area contributed by atoms with Crippen molar-refractivity contribution in [3.63, 3.8) is 0 Å². The molecule has 0 aliphatic heterocycles. The van der Waals surface area contributed by atoms with Crippen molar-refractivity contribution < 1.29 is 9.53 Å². The molecule has 152 valence electrons. The number of aromatic nitrogens is 2. The largest absolute Gasteiger partial charge is 0.457 e. The normalized spacial score (nSPS) is 14.7. The average molecular weight is 431 g/mol. The van der Waals surface area contributed by atoms with Crippen LogP contribution in [-0.4, -0.2) is 36.0 Å². The number of amides is 1. The van der Waals surface area contributed by atoms with Gasteiger partial charge in [-0.05, 0) is 18.9 Å². The quantitative estimate of drug-likeness (QED) is 0.597. The summed E-state index contributed by atoms with van der Waals surface area (Å²) < 4.78 is 6.93. The molecule has 1 amide bonds. The number of hydrogen-bond acceptors (Lipinski definition) is 6. The van der Waals surface area contributed by atoms with Crippen LogP contribution in [0, 0.1) is 0 Å². The van der Waals surface area contributed by atoms with Gasteiger partial charge in [0.15, 0.2) is 5.13 Å². The molecule has 1 fully saturated rings. The van der Waals surface area contributed by atoms with Crippen molar-refractivity contribution in [1.82, 2.24) is 15.3 Å². The van der Waals surface area contributed by atoms with E-state index in [-0.39, 0.29) is 5.91 Å². The van der Waals surface area contributed by atoms with E-state index in [1.165, 1.54) is 32.1 Å². The molecule has 0 bridgehead atoms. The van der Waals surface area contributed by atoms with Gasteiger partial charge in [-0.2, -0.15) is 0 Å². The summed E-state index contributed by atoms with van der Waals surface area (Å²) in [7, 11) is 3.69. The number of benzene rings is 1. The van der Waals surface area contributed by atoms with Gasteiger partial charge >= 0.3 is 0 Å². The fraction of sp³-hybridized carbons (Fsp3) is 0.381. The lowest BCUT2D eigenvalue weighted by Gasteiger charge is -2.30. The van der Waals surface area contributed by atoms with E-state index in [9.17, 15) is 4.79 Å². The maximum absolute atomic E-state index is 11.8. The van der Waals surface area contributed by atoms with Crippen LogP contribution in [0.2, 0.25) is 5.02 Å². The number of ether oxygens (including phenoxy) is 1. The van der Waals surface area contributed by atoms with Crippen LogP contribution in [0.1, 0.15) is 42.6 Å². The first-order valence-electron chi connectivity index (χ1n) is 9.74. The standard InChI is InChI=1S/C21H23ClN4O2S/c1-23-20(27)17-11-14(8-9-24-17)28-15-10-16(22)19-18(12-15)29-21(25-19)26(2)13-6-4-3-5-7-13/h8-13H,3-7H2,1-2H3,(H,23,27). The lowest BCUT2D eigenvalue weighted by molar-refractivity contribution is 0.0958. The second-order valence-corrected chi connectivity index (χ2v) is 8.63. The fourth-order valence-corrected chi connectivity index (χ4v) is 5.01. The van der Waals surface area contributed by atoms with Crippen molar-refractivity contribution in [3.8, 4) is 11.5 Å². The third-order valence-corrected chi connectivity index (χ3v) is 6.64. The van der Waals surface area contributed by atoms with Gasteiger partial charge in [-0.1, -0.05) is 42.2 Å². The van der Waals surface area contributed by atoms with Gasteiger partial charge in [-0.15, -0.1) is 0 Å². The van der Waals surface area contributed by atoms with E-state index in [0.717, 1.165) is 15.3 Å². The van der Waals surface area contributed by atoms with Crippen LogP contribution in [-0.2, 0) is 0 Å². The molecule has 29 heavy (non-hydrogen) atoms. The number of hydrogen-bond donors (Lipinski definition) is 1. The molecule has 1 aliphatic rings. The van der Waals surface area contributed by atoms with E-state index in [1.54, 1.807) is 42.8 Å². The number of carbonyl (C=O) groups excluding carboxylic acids is 1. The molecule has 2 aromatic heterocycles. The predicted octanol–water partition coefficient (Wildman–Crippen LogP) is 5.27. The summed E-state index contributed by atoms with van der Waals surface area (Å²) >= 11 is 8.13. The minimum Gasteiger partial charge on any atom is -0.457 e. The van der Waals surface area contributed by atoms with E-state index in [2.05, 4.69) is 22.2 Å². The third-order valence-electron chi connectivity index (χ3n) is 5.26. The third kappa shape index (κ3) is 4.31. The lowest BCUT2D eigenvalue weighted by Crippen LogP contribution is -2.33. The van der Waals surface area contributed by atoms with Crippen LogP contribution in [0.5, 0.6) is 11.5 Å². The summed E-state index contributed by atoms with van der Waals surface area (Å²) in [5, 5.41) is 4.09. The van der Waals surface area contributed by atoms with Crippen molar-refractivity contribution in [1.29, 1.82) is 0 Å². The minimum atomic E-state index is -0.262. The highest BCUT2D eigenvalue weighted by Crippen LogP contribution is 2.38. The zero-order chi connectivity index (χ0) is 20.4. The van der Waals surface area contributed by atoms with Crippen molar-refractivity contribution in [3.05, 3.63) is 41.2 Å². The Morgan fingerprint density at radius 1 is 1.24 bits per heavy atom. The van der Waals surface area contributed by atoms with E-state index < -0.39 is 0 Å². The van der Waals surface area contributed by atoms with Gasteiger partial charge in [0.25, 0.3) is 5.91 Å². The summed E-state index contributed by atoms with van der Waals surface area (Å²) in [6.07, 6.45) is 7.86. The highest BCUT2D eigenvalue weighted by Gasteiger charge is 2.21. The lowest BCUT2D eigenvalue weighted by atomic mass is 9.95. The van der Waals surface area contributed by atoms with E-state index in [0.29, 0.717) is 28.3 Å². The van der Waals surface area contributed by atoms with Crippen molar-refractivity contribution >= 4 is 44.2 Å². The first kappa shape index (κ1) is 19.9. The molecule has 6 nitrogen and oxygen atoms in total. The Labute approximate surface area is 178 Å². The van der Waals surface area contributed by atoms with Gasteiger partial charge in [0, 0.05) is 44.5 Å². The second-order valence-electron chi connectivity index (χ2n) is 7.21. The van der Waals surface area contributed by atoms with Crippen molar-refractivity contribution in [2.45, 2.75) is 38.1 Å². The number of nitrogens with zero attached hydrogens (tertiary/aromatic N) is 3. The summed E-state index contributed by atoms with van der Waals surface area (Å²) in [5.41, 5.74) is 1.09. The van der Waals surface area contributed by atoms with Crippen LogP contribution in [0.3, 0.4) is 0 Å². The smallest absolute Gasteiger partial charge is 0.269 e. The Balaban J connectivity index is 1.59. The topological polar surface area (TPSA) is 67.3 Å².